The quantitative estimate of drug-likeness (QED) is 0.643. The predicted molar refractivity (Wildman–Crippen MR) is 68.1 cm³/mol. The van der Waals surface area contributed by atoms with Crippen LogP contribution in [0.5, 0.6) is 0 Å². The van der Waals surface area contributed by atoms with Crippen LogP contribution in [0, 0.1) is 10.1 Å². The fraction of sp³-hybridized carbons (Fsp3) is 0.417. The highest BCUT2D eigenvalue weighted by Gasteiger charge is 2.34. The lowest BCUT2D eigenvalue weighted by molar-refractivity contribution is -0.384. The molecule has 21 heavy (non-hydrogen) atoms. The Morgan fingerprint density at radius 2 is 1.95 bits per heavy atom. The summed E-state index contributed by atoms with van der Waals surface area (Å²) in [7, 11) is 0. The Kier molecular flexibility index (Phi) is 4.45. The van der Waals surface area contributed by atoms with Crippen molar-refractivity contribution >= 4 is 17.3 Å². The van der Waals surface area contributed by atoms with Crippen molar-refractivity contribution in [2.45, 2.75) is 32.0 Å². The number of benzene rings is 1. The standard InChI is InChI=1S/C12H13F3N2O4/c1-11(2,6-10(18)19)16-8-4-3-7(12(13,14)15)5-9(8)17(20)21/h3-5,16H,6H2,1-2H3,(H,18,19). The number of nitrogens with zero attached hydrogens (tertiary/aromatic N) is 1. The van der Waals surface area contributed by atoms with E-state index < -0.39 is 33.9 Å². The van der Waals surface area contributed by atoms with Crippen LogP contribution in [0.1, 0.15) is 25.8 Å². The van der Waals surface area contributed by atoms with Gasteiger partial charge in [0.05, 0.1) is 16.9 Å². The minimum atomic E-state index is -4.69. The number of nitrogens with one attached hydrogen (secondary N) is 1. The zero-order valence-corrected chi connectivity index (χ0v) is 11.2. The van der Waals surface area contributed by atoms with E-state index in [0.29, 0.717) is 12.1 Å². The number of nitro benzene ring substituents is 1. The van der Waals surface area contributed by atoms with Crippen molar-refractivity contribution in [1.82, 2.24) is 0 Å². The van der Waals surface area contributed by atoms with Crippen LogP contribution in [-0.4, -0.2) is 21.5 Å². The molecule has 0 fully saturated rings. The number of halogens is 3. The van der Waals surface area contributed by atoms with E-state index in [1.807, 2.05) is 0 Å². The molecule has 1 rings (SSSR count). The number of hydrogen-bond acceptors (Lipinski definition) is 4. The Bertz CT molecular complexity index is 570. The fourth-order valence-corrected chi connectivity index (χ4v) is 1.75. The number of carbonyl (C=O) groups is 1. The average molecular weight is 306 g/mol. The summed E-state index contributed by atoms with van der Waals surface area (Å²) in [6.45, 7) is 2.95. The lowest BCUT2D eigenvalue weighted by atomic mass is 9.99. The smallest absolute Gasteiger partial charge is 0.416 e. The van der Waals surface area contributed by atoms with E-state index in [2.05, 4.69) is 5.32 Å². The molecule has 0 aliphatic heterocycles. The van der Waals surface area contributed by atoms with Crippen LogP contribution < -0.4 is 5.32 Å². The second-order valence-electron chi connectivity index (χ2n) is 5.07. The number of aliphatic carboxylic acids is 1. The van der Waals surface area contributed by atoms with Gasteiger partial charge in [-0.2, -0.15) is 13.2 Å². The van der Waals surface area contributed by atoms with Gasteiger partial charge >= 0.3 is 12.1 Å². The van der Waals surface area contributed by atoms with Gasteiger partial charge in [0.25, 0.3) is 5.69 Å². The molecule has 0 saturated heterocycles. The fourth-order valence-electron chi connectivity index (χ4n) is 1.75. The first-order valence-corrected chi connectivity index (χ1v) is 5.78. The van der Waals surface area contributed by atoms with Gasteiger partial charge in [0.1, 0.15) is 5.69 Å². The van der Waals surface area contributed by atoms with Crippen molar-refractivity contribution in [3.8, 4) is 0 Å². The summed E-state index contributed by atoms with van der Waals surface area (Å²) in [5, 5.41) is 22.2. The van der Waals surface area contributed by atoms with Crippen molar-refractivity contribution in [3.63, 3.8) is 0 Å². The zero-order valence-electron chi connectivity index (χ0n) is 11.2. The van der Waals surface area contributed by atoms with Crippen LogP contribution in [-0.2, 0) is 11.0 Å². The molecule has 0 aromatic heterocycles. The number of hydrogen-bond donors (Lipinski definition) is 2. The molecule has 0 atom stereocenters. The monoisotopic (exact) mass is 306 g/mol. The molecule has 9 heteroatoms. The largest absolute Gasteiger partial charge is 0.481 e. The maximum absolute atomic E-state index is 12.6. The summed E-state index contributed by atoms with van der Waals surface area (Å²) in [5.74, 6) is -1.14. The third-order valence-electron chi connectivity index (χ3n) is 2.59. The summed E-state index contributed by atoms with van der Waals surface area (Å²) >= 11 is 0. The van der Waals surface area contributed by atoms with E-state index in [9.17, 15) is 28.1 Å². The Morgan fingerprint density at radius 3 is 2.38 bits per heavy atom. The van der Waals surface area contributed by atoms with Gasteiger partial charge in [-0.15, -0.1) is 0 Å². The first kappa shape index (κ1) is 16.7. The van der Waals surface area contributed by atoms with E-state index in [-0.39, 0.29) is 12.1 Å². The molecule has 2 N–H and O–H groups in total. The highest BCUT2D eigenvalue weighted by Crippen LogP contribution is 2.36. The van der Waals surface area contributed by atoms with Gasteiger partial charge in [-0.05, 0) is 26.0 Å². The van der Waals surface area contributed by atoms with Crippen LogP contribution in [0.15, 0.2) is 18.2 Å². The number of rotatable bonds is 5. The highest BCUT2D eigenvalue weighted by molar-refractivity contribution is 5.71. The van der Waals surface area contributed by atoms with E-state index in [1.54, 1.807) is 0 Å². The SMILES string of the molecule is CC(C)(CC(=O)O)Nc1ccc(C(F)(F)F)cc1[N+](=O)[O-]. The van der Waals surface area contributed by atoms with Crippen LogP contribution in [0.4, 0.5) is 24.5 Å². The molecule has 0 amide bonds. The lowest BCUT2D eigenvalue weighted by Gasteiger charge is -2.25. The number of alkyl halides is 3. The molecule has 1 aromatic carbocycles. The molecular formula is C12H13F3N2O4. The first-order valence-electron chi connectivity index (χ1n) is 5.78. The molecule has 0 aliphatic carbocycles. The van der Waals surface area contributed by atoms with Gasteiger partial charge in [0.2, 0.25) is 0 Å². The third-order valence-corrected chi connectivity index (χ3v) is 2.59. The van der Waals surface area contributed by atoms with Crippen molar-refractivity contribution in [3.05, 3.63) is 33.9 Å². The van der Waals surface area contributed by atoms with Crippen molar-refractivity contribution < 1.29 is 28.0 Å². The molecule has 1 aromatic rings. The topological polar surface area (TPSA) is 92.5 Å². The summed E-state index contributed by atoms with van der Waals surface area (Å²) in [5.41, 5.74) is -3.13. The molecule has 0 bridgehead atoms. The molecule has 0 unspecified atom stereocenters. The Labute approximate surface area is 117 Å². The van der Waals surface area contributed by atoms with Crippen molar-refractivity contribution in [1.29, 1.82) is 0 Å². The third kappa shape index (κ3) is 4.62. The normalized spacial score (nSPS) is 12.0. The summed E-state index contributed by atoms with van der Waals surface area (Å²) in [4.78, 5) is 20.6. The molecule has 0 radical (unpaired) electrons. The van der Waals surface area contributed by atoms with E-state index in [4.69, 9.17) is 5.11 Å². The average Bonchev–Trinajstić information content (AvgIpc) is 2.24. The number of carboxylic acid groups (broad SMARTS) is 1. The number of anilines is 1. The highest BCUT2D eigenvalue weighted by atomic mass is 19.4. The van der Waals surface area contributed by atoms with Crippen molar-refractivity contribution in [2.75, 3.05) is 5.32 Å². The van der Waals surface area contributed by atoms with Gasteiger partial charge in [-0.3, -0.25) is 14.9 Å². The number of nitro groups is 1. The molecule has 0 heterocycles. The Morgan fingerprint density at radius 1 is 1.38 bits per heavy atom. The van der Waals surface area contributed by atoms with Gasteiger partial charge < -0.3 is 10.4 Å². The molecule has 0 spiro atoms. The van der Waals surface area contributed by atoms with Gasteiger partial charge in [0.15, 0.2) is 0 Å². The summed E-state index contributed by atoms with van der Waals surface area (Å²) in [6, 6.07) is 2.04. The molecule has 0 saturated carbocycles. The Hall–Kier alpha value is -2.32. The van der Waals surface area contributed by atoms with Crippen molar-refractivity contribution in [2.24, 2.45) is 0 Å². The molecule has 116 valence electrons. The lowest BCUT2D eigenvalue weighted by Crippen LogP contribution is -2.33. The van der Waals surface area contributed by atoms with Gasteiger partial charge in [-0.25, -0.2) is 0 Å². The van der Waals surface area contributed by atoms with E-state index in [1.165, 1.54) is 13.8 Å². The van der Waals surface area contributed by atoms with Gasteiger partial charge in [0, 0.05) is 11.6 Å². The van der Waals surface area contributed by atoms with Crippen LogP contribution in [0.3, 0.4) is 0 Å². The van der Waals surface area contributed by atoms with Gasteiger partial charge in [-0.1, -0.05) is 0 Å². The number of carboxylic acids is 1. The minimum Gasteiger partial charge on any atom is -0.481 e. The summed E-state index contributed by atoms with van der Waals surface area (Å²) in [6.07, 6.45) is -5.05. The Balaban J connectivity index is 3.19. The first-order chi connectivity index (χ1) is 9.42. The van der Waals surface area contributed by atoms with Crippen LogP contribution >= 0.6 is 0 Å². The van der Waals surface area contributed by atoms with Crippen LogP contribution in [0.25, 0.3) is 0 Å². The maximum Gasteiger partial charge on any atom is 0.416 e. The maximum atomic E-state index is 12.6. The summed E-state index contributed by atoms with van der Waals surface area (Å²) < 4.78 is 37.7. The second-order valence-corrected chi connectivity index (χ2v) is 5.07. The van der Waals surface area contributed by atoms with E-state index >= 15 is 0 Å². The second kappa shape index (κ2) is 5.58. The molecule has 6 nitrogen and oxygen atoms in total. The molecule has 0 aliphatic rings. The van der Waals surface area contributed by atoms with E-state index in [0.717, 1.165) is 6.07 Å². The van der Waals surface area contributed by atoms with Crippen LogP contribution in [0.2, 0.25) is 0 Å². The molecular weight excluding hydrogens is 293 g/mol. The minimum absolute atomic E-state index is 0.167. The zero-order chi connectivity index (χ0) is 16.4. The predicted octanol–water partition coefficient (Wildman–Crippen LogP) is 3.28.